The molecule has 20 heavy (non-hydrogen) atoms. The Bertz CT molecular complexity index is 474. The molecule has 2 heterocycles. The first-order chi connectivity index (χ1) is 9.78. The number of methoxy groups -OCH3 is 1. The normalized spacial score (nSPS) is 25.6. The lowest BCUT2D eigenvalue weighted by Gasteiger charge is -2.37. The Balaban J connectivity index is 1.65. The standard InChI is InChI=1S/C15H22N2O2S/c1-19-14(18)8-7-12-10-20-15(16-12)17-9-3-5-11-4-2-6-13(11)17/h10-11,13H,2-9H2,1H3. The van der Waals surface area contributed by atoms with Crippen molar-refractivity contribution in [3.63, 3.8) is 0 Å². The van der Waals surface area contributed by atoms with E-state index in [-0.39, 0.29) is 5.97 Å². The molecule has 5 heteroatoms. The molecule has 2 fully saturated rings. The monoisotopic (exact) mass is 294 g/mol. The maximum absolute atomic E-state index is 11.2. The highest BCUT2D eigenvalue weighted by Crippen LogP contribution is 2.39. The molecule has 0 N–H and O–H groups in total. The van der Waals surface area contributed by atoms with Crippen LogP contribution < -0.4 is 4.90 Å². The Morgan fingerprint density at radius 2 is 2.30 bits per heavy atom. The van der Waals surface area contributed by atoms with Crippen LogP contribution in [0.2, 0.25) is 0 Å². The van der Waals surface area contributed by atoms with Gasteiger partial charge in [-0.3, -0.25) is 4.79 Å². The van der Waals surface area contributed by atoms with Crippen LogP contribution in [0.1, 0.15) is 44.2 Å². The number of esters is 1. The van der Waals surface area contributed by atoms with Crippen molar-refractivity contribution in [2.24, 2.45) is 5.92 Å². The van der Waals surface area contributed by atoms with Gasteiger partial charge in [-0.1, -0.05) is 6.42 Å². The molecule has 0 amide bonds. The van der Waals surface area contributed by atoms with Gasteiger partial charge in [-0.05, 0) is 31.6 Å². The summed E-state index contributed by atoms with van der Waals surface area (Å²) in [5, 5.41) is 3.25. The lowest BCUT2D eigenvalue weighted by molar-refractivity contribution is -0.140. The van der Waals surface area contributed by atoms with Gasteiger partial charge in [0.2, 0.25) is 0 Å². The van der Waals surface area contributed by atoms with Crippen LogP contribution in [0.3, 0.4) is 0 Å². The smallest absolute Gasteiger partial charge is 0.305 e. The van der Waals surface area contributed by atoms with E-state index in [1.165, 1.54) is 39.2 Å². The summed E-state index contributed by atoms with van der Waals surface area (Å²) in [5.41, 5.74) is 1.02. The number of thiazole rings is 1. The molecule has 0 radical (unpaired) electrons. The van der Waals surface area contributed by atoms with Crippen LogP contribution in [0.4, 0.5) is 5.13 Å². The maximum atomic E-state index is 11.2. The number of fused-ring (bicyclic) bond motifs is 1. The molecule has 2 aliphatic rings. The molecule has 110 valence electrons. The molecule has 3 rings (SSSR count). The van der Waals surface area contributed by atoms with Gasteiger partial charge in [-0.25, -0.2) is 4.98 Å². The summed E-state index contributed by atoms with van der Waals surface area (Å²) >= 11 is 1.73. The molecule has 0 aromatic carbocycles. The zero-order chi connectivity index (χ0) is 13.9. The van der Waals surface area contributed by atoms with E-state index in [0.29, 0.717) is 18.9 Å². The first-order valence-corrected chi connectivity index (χ1v) is 8.44. The molecular formula is C15H22N2O2S. The SMILES string of the molecule is COC(=O)CCc1csc(N2CCCC3CCCC32)n1. The molecule has 1 aliphatic carbocycles. The Labute approximate surface area is 124 Å². The number of aromatic nitrogens is 1. The number of hydrogen-bond donors (Lipinski definition) is 0. The van der Waals surface area contributed by atoms with Gasteiger partial charge >= 0.3 is 5.97 Å². The summed E-state index contributed by atoms with van der Waals surface area (Å²) in [6, 6.07) is 0.711. The van der Waals surface area contributed by atoms with Crippen LogP contribution in [0.25, 0.3) is 0 Å². The molecule has 1 aromatic heterocycles. The van der Waals surface area contributed by atoms with Gasteiger partial charge < -0.3 is 9.64 Å². The highest BCUT2D eigenvalue weighted by molar-refractivity contribution is 7.13. The molecule has 2 unspecified atom stereocenters. The molecule has 0 bridgehead atoms. The van der Waals surface area contributed by atoms with Gasteiger partial charge in [0.1, 0.15) is 0 Å². The minimum Gasteiger partial charge on any atom is -0.469 e. The third-order valence-corrected chi connectivity index (χ3v) is 5.52. The number of ether oxygens (including phenoxy) is 1. The van der Waals surface area contributed by atoms with Crippen LogP contribution in [0, 0.1) is 5.92 Å². The van der Waals surface area contributed by atoms with Crippen molar-refractivity contribution in [2.45, 2.75) is 51.0 Å². The number of aryl methyl sites for hydroxylation is 1. The van der Waals surface area contributed by atoms with Crippen molar-refractivity contribution in [3.8, 4) is 0 Å². The van der Waals surface area contributed by atoms with E-state index in [2.05, 4.69) is 15.0 Å². The molecule has 4 nitrogen and oxygen atoms in total. The van der Waals surface area contributed by atoms with Crippen LogP contribution in [-0.4, -0.2) is 30.6 Å². The van der Waals surface area contributed by atoms with Crippen molar-refractivity contribution < 1.29 is 9.53 Å². The fourth-order valence-corrected chi connectivity index (χ4v) is 4.51. The van der Waals surface area contributed by atoms with Gasteiger partial charge in [0.05, 0.1) is 19.2 Å². The number of anilines is 1. The third-order valence-electron chi connectivity index (χ3n) is 4.59. The van der Waals surface area contributed by atoms with E-state index in [4.69, 9.17) is 4.98 Å². The zero-order valence-electron chi connectivity index (χ0n) is 12.0. The fourth-order valence-electron chi connectivity index (χ4n) is 3.57. The van der Waals surface area contributed by atoms with Crippen LogP contribution >= 0.6 is 11.3 Å². The van der Waals surface area contributed by atoms with Crippen molar-refractivity contribution in [3.05, 3.63) is 11.1 Å². The molecule has 1 saturated carbocycles. The maximum Gasteiger partial charge on any atom is 0.305 e. The number of hydrogen-bond acceptors (Lipinski definition) is 5. The van der Waals surface area contributed by atoms with Crippen LogP contribution in [0.15, 0.2) is 5.38 Å². The van der Waals surface area contributed by atoms with E-state index in [1.807, 2.05) is 0 Å². The minimum absolute atomic E-state index is 0.159. The summed E-state index contributed by atoms with van der Waals surface area (Å²) in [7, 11) is 1.43. The van der Waals surface area contributed by atoms with E-state index < -0.39 is 0 Å². The van der Waals surface area contributed by atoms with Crippen molar-refractivity contribution in [1.29, 1.82) is 0 Å². The zero-order valence-corrected chi connectivity index (χ0v) is 12.8. The van der Waals surface area contributed by atoms with Crippen molar-refractivity contribution in [2.75, 3.05) is 18.6 Å². The Kier molecular flexibility index (Phi) is 4.24. The van der Waals surface area contributed by atoms with Gasteiger partial charge in [0, 0.05) is 24.4 Å². The third kappa shape index (κ3) is 2.82. The average Bonchev–Trinajstić information content (AvgIpc) is 3.12. The van der Waals surface area contributed by atoms with Gasteiger partial charge in [0.25, 0.3) is 0 Å². The molecule has 1 aliphatic heterocycles. The van der Waals surface area contributed by atoms with E-state index in [9.17, 15) is 4.79 Å². The minimum atomic E-state index is -0.159. The summed E-state index contributed by atoms with van der Waals surface area (Å²) < 4.78 is 4.68. The van der Waals surface area contributed by atoms with E-state index in [1.54, 1.807) is 11.3 Å². The lowest BCUT2D eigenvalue weighted by atomic mass is 9.92. The van der Waals surface area contributed by atoms with Crippen LogP contribution in [-0.2, 0) is 16.0 Å². The highest BCUT2D eigenvalue weighted by Gasteiger charge is 2.36. The summed E-state index contributed by atoms with van der Waals surface area (Å²) in [6.07, 6.45) is 7.87. The summed E-state index contributed by atoms with van der Waals surface area (Å²) in [4.78, 5) is 18.4. The second kappa shape index (κ2) is 6.12. The largest absolute Gasteiger partial charge is 0.469 e. The topological polar surface area (TPSA) is 42.4 Å². The summed E-state index contributed by atoms with van der Waals surface area (Å²) in [6.45, 7) is 1.14. The van der Waals surface area contributed by atoms with Gasteiger partial charge in [-0.2, -0.15) is 0 Å². The Hall–Kier alpha value is -1.10. The molecule has 0 spiro atoms. The van der Waals surface area contributed by atoms with E-state index >= 15 is 0 Å². The first kappa shape index (κ1) is 13.9. The number of rotatable bonds is 4. The fraction of sp³-hybridized carbons (Fsp3) is 0.733. The van der Waals surface area contributed by atoms with Crippen LogP contribution in [0.5, 0.6) is 0 Å². The predicted molar refractivity (Wildman–Crippen MR) is 80.2 cm³/mol. The number of piperidine rings is 1. The number of carbonyl (C=O) groups excluding carboxylic acids is 1. The Morgan fingerprint density at radius 3 is 3.15 bits per heavy atom. The molecular weight excluding hydrogens is 272 g/mol. The second-order valence-corrected chi connectivity index (χ2v) is 6.63. The number of nitrogens with zero attached hydrogens (tertiary/aromatic N) is 2. The molecule has 1 saturated heterocycles. The summed E-state index contributed by atoms with van der Waals surface area (Å²) in [5.74, 6) is 0.722. The predicted octanol–water partition coefficient (Wildman–Crippen LogP) is 3.02. The molecule has 1 aromatic rings. The Morgan fingerprint density at radius 1 is 1.45 bits per heavy atom. The first-order valence-electron chi connectivity index (χ1n) is 7.56. The average molecular weight is 294 g/mol. The number of carbonyl (C=O) groups is 1. The van der Waals surface area contributed by atoms with Crippen molar-refractivity contribution in [1.82, 2.24) is 4.98 Å². The molecule has 2 atom stereocenters. The van der Waals surface area contributed by atoms with Gasteiger partial charge in [0.15, 0.2) is 5.13 Å². The quantitative estimate of drug-likeness (QED) is 0.801. The van der Waals surface area contributed by atoms with Gasteiger partial charge in [-0.15, -0.1) is 11.3 Å². The lowest BCUT2D eigenvalue weighted by Crippen LogP contribution is -2.42. The van der Waals surface area contributed by atoms with Crippen molar-refractivity contribution >= 4 is 22.4 Å². The second-order valence-electron chi connectivity index (χ2n) is 5.79. The highest BCUT2D eigenvalue weighted by atomic mass is 32.1. The van der Waals surface area contributed by atoms with E-state index in [0.717, 1.165) is 23.3 Å².